The van der Waals surface area contributed by atoms with Crippen LogP contribution in [0.1, 0.15) is 18.9 Å². The molecule has 1 fully saturated rings. The molecule has 0 unspecified atom stereocenters. The first-order valence-corrected chi connectivity index (χ1v) is 6.25. The lowest BCUT2D eigenvalue weighted by atomic mass is 10.1. The molecular formula is C14H17N3. The molecule has 0 saturated carbocycles. The maximum atomic E-state index is 4.69. The van der Waals surface area contributed by atoms with Crippen LogP contribution in [0.25, 0.3) is 11.3 Å². The molecule has 3 nitrogen and oxygen atoms in total. The summed E-state index contributed by atoms with van der Waals surface area (Å²) in [6, 6.07) is 13.0. The molecule has 0 bridgehead atoms. The van der Waals surface area contributed by atoms with E-state index in [4.69, 9.17) is 5.10 Å². The van der Waals surface area contributed by atoms with E-state index in [2.05, 4.69) is 46.5 Å². The van der Waals surface area contributed by atoms with E-state index < -0.39 is 0 Å². The lowest BCUT2D eigenvalue weighted by molar-refractivity contribution is 0.343. The number of hydrogen-bond acceptors (Lipinski definition) is 2. The van der Waals surface area contributed by atoms with Gasteiger partial charge >= 0.3 is 0 Å². The van der Waals surface area contributed by atoms with E-state index in [9.17, 15) is 0 Å². The Morgan fingerprint density at radius 1 is 1.06 bits per heavy atom. The van der Waals surface area contributed by atoms with E-state index in [0.29, 0.717) is 6.04 Å². The Hall–Kier alpha value is -1.61. The Balaban J connectivity index is 1.83. The second-order valence-electron chi connectivity index (χ2n) is 4.53. The highest BCUT2D eigenvalue weighted by Crippen LogP contribution is 2.21. The van der Waals surface area contributed by atoms with Gasteiger partial charge in [-0.15, -0.1) is 0 Å². The Labute approximate surface area is 101 Å². The first-order valence-electron chi connectivity index (χ1n) is 6.25. The van der Waals surface area contributed by atoms with E-state index in [-0.39, 0.29) is 0 Å². The van der Waals surface area contributed by atoms with Crippen molar-refractivity contribution in [3.8, 4) is 11.3 Å². The highest BCUT2D eigenvalue weighted by atomic mass is 15.3. The third-order valence-corrected chi connectivity index (χ3v) is 3.36. The van der Waals surface area contributed by atoms with E-state index in [0.717, 1.165) is 18.8 Å². The zero-order valence-corrected chi connectivity index (χ0v) is 9.84. The lowest BCUT2D eigenvalue weighted by Gasteiger charge is -2.22. The van der Waals surface area contributed by atoms with Crippen LogP contribution in [0.4, 0.5) is 0 Å². The molecule has 2 aromatic rings. The topological polar surface area (TPSA) is 29.9 Å². The molecule has 0 spiro atoms. The van der Waals surface area contributed by atoms with Crippen molar-refractivity contribution in [1.82, 2.24) is 15.1 Å². The van der Waals surface area contributed by atoms with Crippen LogP contribution in [0, 0.1) is 0 Å². The fourth-order valence-electron chi connectivity index (χ4n) is 2.38. The quantitative estimate of drug-likeness (QED) is 0.854. The molecule has 0 radical (unpaired) electrons. The molecule has 1 aliphatic rings. The highest BCUT2D eigenvalue weighted by Gasteiger charge is 2.15. The minimum atomic E-state index is 0.564. The van der Waals surface area contributed by atoms with Gasteiger partial charge in [-0.05, 0) is 32.0 Å². The molecule has 3 rings (SSSR count). The van der Waals surface area contributed by atoms with E-state index in [1.54, 1.807) is 0 Å². The second-order valence-corrected chi connectivity index (χ2v) is 4.53. The maximum absolute atomic E-state index is 4.69. The van der Waals surface area contributed by atoms with Crippen molar-refractivity contribution in [3.63, 3.8) is 0 Å². The van der Waals surface area contributed by atoms with Crippen LogP contribution >= 0.6 is 0 Å². The molecule has 1 aliphatic heterocycles. The fraction of sp³-hybridized carbons (Fsp3) is 0.357. The molecular weight excluding hydrogens is 210 g/mol. The van der Waals surface area contributed by atoms with Crippen molar-refractivity contribution < 1.29 is 0 Å². The number of rotatable bonds is 2. The number of nitrogens with one attached hydrogen (secondary N) is 1. The Kier molecular flexibility index (Phi) is 2.92. The van der Waals surface area contributed by atoms with Gasteiger partial charge in [0.05, 0.1) is 11.7 Å². The Morgan fingerprint density at radius 2 is 1.82 bits per heavy atom. The summed E-state index contributed by atoms with van der Waals surface area (Å²) >= 11 is 0. The standard InChI is InChI=1S/C14H17N3/c1-2-4-12(5-3-1)14-8-11-17(16-14)13-6-9-15-10-7-13/h1-5,8,11,13,15H,6-7,9-10H2. The van der Waals surface area contributed by atoms with Gasteiger partial charge in [-0.3, -0.25) is 4.68 Å². The van der Waals surface area contributed by atoms with Crippen molar-refractivity contribution in [2.45, 2.75) is 18.9 Å². The maximum Gasteiger partial charge on any atom is 0.0923 e. The number of benzene rings is 1. The van der Waals surface area contributed by atoms with Crippen molar-refractivity contribution in [2.24, 2.45) is 0 Å². The highest BCUT2D eigenvalue weighted by molar-refractivity contribution is 5.57. The number of aromatic nitrogens is 2. The van der Waals surface area contributed by atoms with Gasteiger partial charge in [0.2, 0.25) is 0 Å². The monoisotopic (exact) mass is 227 g/mol. The largest absolute Gasteiger partial charge is 0.317 e. The van der Waals surface area contributed by atoms with Crippen LogP contribution in [-0.2, 0) is 0 Å². The predicted octanol–water partition coefficient (Wildman–Crippen LogP) is 2.47. The van der Waals surface area contributed by atoms with Gasteiger partial charge in [0.1, 0.15) is 0 Å². The lowest BCUT2D eigenvalue weighted by Crippen LogP contribution is -2.29. The summed E-state index contributed by atoms with van der Waals surface area (Å²) in [5, 5.41) is 8.07. The molecule has 1 aromatic heterocycles. The molecule has 0 atom stereocenters. The summed E-state index contributed by atoms with van der Waals surface area (Å²) in [5.41, 5.74) is 2.27. The first kappa shape index (κ1) is 10.5. The van der Waals surface area contributed by atoms with Gasteiger partial charge in [0.15, 0.2) is 0 Å². The van der Waals surface area contributed by atoms with Crippen molar-refractivity contribution in [1.29, 1.82) is 0 Å². The SMILES string of the molecule is c1ccc(-c2ccn(C3CCNCC3)n2)cc1. The number of nitrogens with zero attached hydrogens (tertiary/aromatic N) is 2. The van der Waals surface area contributed by atoms with Crippen LogP contribution in [0.2, 0.25) is 0 Å². The van der Waals surface area contributed by atoms with Crippen molar-refractivity contribution in [2.75, 3.05) is 13.1 Å². The Bertz CT molecular complexity index is 469. The van der Waals surface area contributed by atoms with Gasteiger partial charge in [-0.2, -0.15) is 5.10 Å². The molecule has 17 heavy (non-hydrogen) atoms. The van der Waals surface area contributed by atoms with Gasteiger partial charge < -0.3 is 5.32 Å². The number of piperidine rings is 1. The molecule has 1 N–H and O–H groups in total. The zero-order valence-electron chi connectivity index (χ0n) is 9.84. The summed E-state index contributed by atoms with van der Waals surface area (Å²) in [5.74, 6) is 0. The minimum Gasteiger partial charge on any atom is -0.317 e. The fourth-order valence-corrected chi connectivity index (χ4v) is 2.38. The number of hydrogen-bond donors (Lipinski definition) is 1. The van der Waals surface area contributed by atoms with Gasteiger partial charge in [-0.25, -0.2) is 0 Å². The molecule has 1 saturated heterocycles. The summed E-state index contributed by atoms with van der Waals surface area (Å²) < 4.78 is 2.13. The van der Waals surface area contributed by atoms with Crippen LogP contribution in [-0.4, -0.2) is 22.9 Å². The second kappa shape index (κ2) is 4.72. The van der Waals surface area contributed by atoms with Gasteiger partial charge in [0.25, 0.3) is 0 Å². The normalized spacial score (nSPS) is 17.2. The molecule has 88 valence electrons. The van der Waals surface area contributed by atoms with Crippen LogP contribution in [0.15, 0.2) is 42.6 Å². The van der Waals surface area contributed by atoms with E-state index in [1.807, 2.05) is 6.07 Å². The zero-order chi connectivity index (χ0) is 11.5. The third kappa shape index (κ3) is 2.24. The molecule has 1 aromatic carbocycles. The van der Waals surface area contributed by atoms with E-state index >= 15 is 0 Å². The summed E-state index contributed by atoms with van der Waals surface area (Å²) in [6.45, 7) is 2.20. The van der Waals surface area contributed by atoms with Crippen molar-refractivity contribution in [3.05, 3.63) is 42.6 Å². The van der Waals surface area contributed by atoms with Crippen LogP contribution in [0.5, 0.6) is 0 Å². The molecule has 0 amide bonds. The van der Waals surface area contributed by atoms with E-state index in [1.165, 1.54) is 18.4 Å². The summed E-state index contributed by atoms with van der Waals surface area (Å²) in [7, 11) is 0. The van der Waals surface area contributed by atoms with Gasteiger partial charge in [0, 0.05) is 11.8 Å². The smallest absolute Gasteiger partial charge is 0.0923 e. The summed E-state index contributed by atoms with van der Waals surface area (Å²) in [6.07, 6.45) is 4.46. The van der Waals surface area contributed by atoms with Crippen LogP contribution < -0.4 is 5.32 Å². The molecule has 2 heterocycles. The Morgan fingerprint density at radius 3 is 2.59 bits per heavy atom. The average molecular weight is 227 g/mol. The molecule has 0 aliphatic carbocycles. The third-order valence-electron chi connectivity index (χ3n) is 3.36. The predicted molar refractivity (Wildman–Crippen MR) is 68.8 cm³/mol. The summed E-state index contributed by atoms with van der Waals surface area (Å²) in [4.78, 5) is 0. The van der Waals surface area contributed by atoms with Crippen LogP contribution in [0.3, 0.4) is 0 Å². The first-order chi connectivity index (χ1) is 8.43. The van der Waals surface area contributed by atoms with Gasteiger partial charge in [-0.1, -0.05) is 30.3 Å². The average Bonchev–Trinajstić information content (AvgIpc) is 2.90. The molecule has 3 heteroatoms. The van der Waals surface area contributed by atoms with Crippen molar-refractivity contribution >= 4 is 0 Å². The minimum absolute atomic E-state index is 0.564.